The standard InChI is InChI=1S/C17H19NO6S2/c1-22-11-7-10(8-12(23-2)15(11)24-3)9-13-16(21)18(17(25)26-13)6-4-5-14(19)20/h7-9H,4-6H2,1-3H3,(H,19,20). The van der Waals surface area contributed by atoms with Crippen molar-refractivity contribution >= 4 is 46.3 Å². The smallest absolute Gasteiger partial charge is 0.303 e. The van der Waals surface area contributed by atoms with E-state index >= 15 is 0 Å². The molecular formula is C17H19NO6S2. The van der Waals surface area contributed by atoms with Crippen LogP contribution in [0.2, 0.25) is 0 Å². The molecule has 0 bridgehead atoms. The number of rotatable bonds is 8. The number of ether oxygens (including phenoxy) is 3. The molecule has 0 unspecified atom stereocenters. The number of nitrogens with zero attached hydrogens (tertiary/aromatic N) is 1. The van der Waals surface area contributed by atoms with Crippen molar-refractivity contribution in [1.29, 1.82) is 0 Å². The Labute approximate surface area is 160 Å². The Balaban J connectivity index is 2.25. The first kappa shape index (κ1) is 20.1. The summed E-state index contributed by atoms with van der Waals surface area (Å²) in [7, 11) is 4.55. The van der Waals surface area contributed by atoms with Crippen molar-refractivity contribution < 1.29 is 28.9 Å². The monoisotopic (exact) mass is 397 g/mol. The Morgan fingerprint density at radius 1 is 1.23 bits per heavy atom. The van der Waals surface area contributed by atoms with Crippen LogP contribution in [-0.2, 0) is 9.59 Å². The van der Waals surface area contributed by atoms with Crippen LogP contribution in [0.3, 0.4) is 0 Å². The van der Waals surface area contributed by atoms with Crippen LogP contribution in [-0.4, -0.2) is 54.1 Å². The molecule has 1 amide bonds. The van der Waals surface area contributed by atoms with E-state index in [0.717, 1.165) is 0 Å². The van der Waals surface area contributed by atoms with Crippen molar-refractivity contribution in [3.05, 3.63) is 22.6 Å². The summed E-state index contributed by atoms with van der Waals surface area (Å²) in [6.07, 6.45) is 2.03. The first-order valence-electron chi connectivity index (χ1n) is 7.68. The second-order valence-corrected chi connectivity index (χ2v) is 6.97. The number of carboxylic acid groups (broad SMARTS) is 1. The van der Waals surface area contributed by atoms with E-state index in [1.54, 1.807) is 18.2 Å². The van der Waals surface area contributed by atoms with Gasteiger partial charge < -0.3 is 19.3 Å². The van der Waals surface area contributed by atoms with Crippen molar-refractivity contribution in [1.82, 2.24) is 4.90 Å². The average molecular weight is 397 g/mol. The quantitative estimate of drug-likeness (QED) is 0.529. The topological polar surface area (TPSA) is 85.3 Å². The number of hydrogen-bond acceptors (Lipinski definition) is 7. The van der Waals surface area contributed by atoms with Crippen molar-refractivity contribution in [3.63, 3.8) is 0 Å². The van der Waals surface area contributed by atoms with E-state index < -0.39 is 5.97 Å². The van der Waals surface area contributed by atoms with Gasteiger partial charge in [-0.15, -0.1) is 0 Å². The van der Waals surface area contributed by atoms with E-state index in [2.05, 4.69) is 0 Å². The Kier molecular flexibility index (Phi) is 6.87. The highest BCUT2D eigenvalue weighted by molar-refractivity contribution is 8.26. The largest absolute Gasteiger partial charge is 0.493 e. The molecule has 7 nitrogen and oxygen atoms in total. The second kappa shape index (κ2) is 8.91. The Morgan fingerprint density at radius 3 is 2.35 bits per heavy atom. The molecule has 0 atom stereocenters. The van der Waals surface area contributed by atoms with Crippen LogP contribution in [0, 0.1) is 0 Å². The summed E-state index contributed by atoms with van der Waals surface area (Å²) in [5, 5.41) is 8.72. The summed E-state index contributed by atoms with van der Waals surface area (Å²) >= 11 is 6.42. The summed E-state index contributed by atoms with van der Waals surface area (Å²) in [6, 6.07) is 3.47. The average Bonchev–Trinajstić information content (AvgIpc) is 2.87. The van der Waals surface area contributed by atoms with E-state index in [9.17, 15) is 9.59 Å². The fraction of sp³-hybridized carbons (Fsp3) is 0.353. The van der Waals surface area contributed by atoms with Gasteiger partial charge in [-0.2, -0.15) is 0 Å². The Morgan fingerprint density at radius 2 is 1.85 bits per heavy atom. The molecule has 9 heteroatoms. The molecular weight excluding hydrogens is 378 g/mol. The molecule has 1 aliphatic rings. The van der Waals surface area contributed by atoms with Gasteiger partial charge in [0.05, 0.1) is 26.2 Å². The molecule has 2 rings (SSSR count). The summed E-state index contributed by atoms with van der Waals surface area (Å²) in [5.74, 6) is 0.293. The minimum Gasteiger partial charge on any atom is -0.493 e. The lowest BCUT2D eigenvalue weighted by Gasteiger charge is -2.13. The fourth-order valence-corrected chi connectivity index (χ4v) is 3.73. The number of methoxy groups -OCH3 is 3. The summed E-state index contributed by atoms with van der Waals surface area (Å²) in [4.78, 5) is 25.1. The van der Waals surface area contributed by atoms with Gasteiger partial charge in [-0.05, 0) is 30.2 Å². The molecule has 140 valence electrons. The number of carboxylic acids is 1. The van der Waals surface area contributed by atoms with Gasteiger partial charge in [0, 0.05) is 13.0 Å². The Bertz CT molecular complexity index is 737. The fourth-order valence-electron chi connectivity index (χ4n) is 2.42. The first-order valence-corrected chi connectivity index (χ1v) is 8.91. The number of thiocarbonyl (C=S) groups is 1. The summed E-state index contributed by atoms with van der Waals surface area (Å²) in [6.45, 7) is 0.281. The molecule has 1 fully saturated rings. The molecule has 0 aromatic heterocycles. The van der Waals surface area contributed by atoms with E-state index in [1.165, 1.54) is 38.0 Å². The molecule has 0 spiro atoms. The maximum absolute atomic E-state index is 12.5. The van der Waals surface area contributed by atoms with Gasteiger partial charge in [-0.25, -0.2) is 0 Å². The van der Waals surface area contributed by atoms with Gasteiger partial charge in [0.1, 0.15) is 4.32 Å². The number of benzene rings is 1. The highest BCUT2D eigenvalue weighted by Crippen LogP contribution is 2.40. The van der Waals surface area contributed by atoms with Crippen molar-refractivity contribution in [3.8, 4) is 17.2 Å². The molecule has 0 radical (unpaired) electrons. The van der Waals surface area contributed by atoms with Crippen LogP contribution in [0.15, 0.2) is 17.0 Å². The predicted octanol–water partition coefficient (Wildman–Crippen LogP) is 2.78. The van der Waals surface area contributed by atoms with Gasteiger partial charge in [0.25, 0.3) is 5.91 Å². The van der Waals surface area contributed by atoms with Crippen LogP contribution in [0.5, 0.6) is 17.2 Å². The van der Waals surface area contributed by atoms with Gasteiger partial charge in [-0.3, -0.25) is 14.5 Å². The molecule has 0 aliphatic carbocycles. The van der Waals surface area contributed by atoms with E-state index in [1.807, 2.05) is 0 Å². The number of hydrogen-bond donors (Lipinski definition) is 1. The van der Waals surface area contributed by atoms with Gasteiger partial charge in [0.2, 0.25) is 5.75 Å². The number of aliphatic carboxylic acids is 1. The molecule has 26 heavy (non-hydrogen) atoms. The zero-order chi connectivity index (χ0) is 19.3. The van der Waals surface area contributed by atoms with Gasteiger partial charge in [-0.1, -0.05) is 24.0 Å². The zero-order valence-electron chi connectivity index (χ0n) is 14.6. The maximum Gasteiger partial charge on any atom is 0.303 e. The van der Waals surface area contributed by atoms with Crippen LogP contribution in [0.1, 0.15) is 18.4 Å². The molecule has 1 N–H and O–H groups in total. The minimum atomic E-state index is -0.900. The molecule has 1 aromatic carbocycles. The van der Waals surface area contributed by atoms with Crippen molar-refractivity contribution in [2.75, 3.05) is 27.9 Å². The molecule has 1 aliphatic heterocycles. The van der Waals surface area contributed by atoms with Crippen LogP contribution in [0.4, 0.5) is 0 Å². The van der Waals surface area contributed by atoms with E-state index in [-0.39, 0.29) is 18.9 Å². The predicted molar refractivity (Wildman–Crippen MR) is 103 cm³/mol. The third-order valence-electron chi connectivity index (χ3n) is 3.63. The second-order valence-electron chi connectivity index (χ2n) is 5.29. The third-order valence-corrected chi connectivity index (χ3v) is 5.01. The lowest BCUT2D eigenvalue weighted by molar-refractivity contribution is -0.137. The lowest BCUT2D eigenvalue weighted by atomic mass is 10.1. The lowest BCUT2D eigenvalue weighted by Crippen LogP contribution is -2.29. The SMILES string of the molecule is COc1cc(C=C2SC(=S)N(CCCC(=O)O)C2=O)cc(OC)c1OC. The number of carbonyl (C=O) groups excluding carboxylic acids is 1. The summed E-state index contributed by atoms with van der Waals surface area (Å²) in [5.41, 5.74) is 0.700. The van der Waals surface area contributed by atoms with Crippen LogP contribution < -0.4 is 14.2 Å². The van der Waals surface area contributed by atoms with Crippen molar-refractivity contribution in [2.45, 2.75) is 12.8 Å². The number of thioether (sulfide) groups is 1. The van der Waals surface area contributed by atoms with Crippen LogP contribution >= 0.6 is 24.0 Å². The normalized spacial score (nSPS) is 15.5. The highest BCUT2D eigenvalue weighted by atomic mass is 32.2. The first-order chi connectivity index (χ1) is 12.4. The van der Waals surface area contributed by atoms with Gasteiger partial charge >= 0.3 is 5.97 Å². The zero-order valence-corrected chi connectivity index (χ0v) is 16.2. The maximum atomic E-state index is 12.5. The molecule has 0 saturated carbocycles. The third kappa shape index (κ3) is 4.47. The number of carbonyl (C=O) groups is 2. The van der Waals surface area contributed by atoms with Gasteiger partial charge in [0.15, 0.2) is 11.5 Å². The van der Waals surface area contributed by atoms with E-state index in [4.69, 9.17) is 31.5 Å². The Hall–Kier alpha value is -2.26. The highest BCUT2D eigenvalue weighted by Gasteiger charge is 2.31. The summed E-state index contributed by atoms with van der Waals surface area (Å²) < 4.78 is 16.3. The number of amides is 1. The molecule has 1 aromatic rings. The molecule has 1 heterocycles. The minimum absolute atomic E-state index is 0.0109. The van der Waals surface area contributed by atoms with E-state index in [0.29, 0.717) is 38.5 Å². The van der Waals surface area contributed by atoms with Crippen LogP contribution in [0.25, 0.3) is 6.08 Å². The molecule has 1 saturated heterocycles. The van der Waals surface area contributed by atoms with Crippen molar-refractivity contribution in [2.24, 2.45) is 0 Å².